The SMILES string of the molecule is O=C(c1ccc2ccccc2c1)c1nc(-c2ccccc2)c(-c2ccccc2)[nH]1. The predicted molar refractivity (Wildman–Crippen MR) is 117 cm³/mol. The van der Waals surface area contributed by atoms with Crippen LogP contribution in [-0.2, 0) is 0 Å². The van der Waals surface area contributed by atoms with E-state index < -0.39 is 0 Å². The summed E-state index contributed by atoms with van der Waals surface area (Å²) in [6.45, 7) is 0. The van der Waals surface area contributed by atoms with Crippen molar-refractivity contribution in [3.05, 3.63) is 115 Å². The van der Waals surface area contributed by atoms with Crippen LogP contribution in [0.4, 0.5) is 0 Å². The van der Waals surface area contributed by atoms with Gasteiger partial charge in [0.05, 0.1) is 11.4 Å². The molecule has 0 radical (unpaired) electrons. The number of rotatable bonds is 4. The Morgan fingerprint density at radius 3 is 2.00 bits per heavy atom. The maximum atomic E-state index is 13.2. The van der Waals surface area contributed by atoms with Crippen molar-refractivity contribution in [2.45, 2.75) is 0 Å². The van der Waals surface area contributed by atoms with Crippen LogP contribution < -0.4 is 0 Å². The molecule has 0 bridgehead atoms. The van der Waals surface area contributed by atoms with Crippen molar-refractivity contribution in [1.29, 1.82) is 0 Å². The molecule has 138 valence electrons. The first kappa shape index (κ1) is 17.1. The zero-order valence-corrected chi connectivity index (χ0v) is 15.7. The number of nitrogens with one attached hydrogen (secondary N) is 1. The van der Waals surface area contributed by atoms with E-state index >= 15 is 0 Å². The van der Waals surface area contributed by atoms with Gasteiger partial charge in [-0.25, -0.2) is 4.98 Å². The number of carbonyl (C=O) groups is 1. The van der Waals surface area contributed by atoms with Gasteiger partial charge in [0.25, 0.3) is 0 Å². The third-order valence-corrected chi connectivity index (χ3v) is 5.04. The summed E-state index contributed by atoms with van der Waals surface area (Å²) in [6.07, 6.45) is 0. The number of ketones is 1. The van der Waals surface area contributed by atoms with Gasteiger partial charge in [-0.05, 0) is 16.8 Å². The number of carbonyl (C=O) groups excluding carboxylic acids is 1. The van der Waals surface area contributed by atoms with Crippen molar-refractivity contribution in [2.75, 3.05) is 0 Å². The Hall–Kier alpha value is -3.98. The van der Waals surface area contributed by atoms with E-state index in [1.165, 1.54) is 0 Å². The highest BCUT2D eigenvalue weighted by atomic mass is 16.1. The van der Waals surface area contributed by atoms with E-state index in [0.29, 0.717) is 11.4 Å². The molecular formula is C26H18N2O. The molecule has 1 heterocycles. The van der Waals surface area contributed by atoms with E-state index in [-0.39, 0.29) is 5.78 Å². The lowest BCUT2D eigenvalue weighted by Gasteiger charge is -2.02. The normalized spacial score (nSPS) is 10.9. The molecule has 3 heteroatoms. The topological polar surface area (TPSA) is 45.8 Å². The van der Waals surface area contributed by atoms with Crippen molar-refractivity contribution in [3.8, 4) is 22.5 Å². The minimum Gasteiger partial charge on any atom is -0.335 e. The Morgan fingerprint density at radius 2 is 1.28 bits per heavy atom. The number of fused-ring (bicyclic) bond motifs is 1. The summed E-state index contributed by atoms with van der Waals surface area (Å²) in [6, 6.07) is 33.7. The second kappa shape index (κ2) is 7.21. The average molecular weight is 374 g/mol. The quantitative estimate of drug-likeness (QED) is 0.385. The van der Waals surface area contributed by atoms with Gasteiger partial charge in [0.15, 0.2) is 5.82 Å². The summed E-state index contributed by atoms with van der Waals surface area (Å²) in [5.41, 5.74) is 4.22. The number of imidazole rings is 1. The Labute approximate surface area is 168 Å². The van der Waals surface area contributed by atoms with Gasteiger partial charge in [-0.2, -0.15) is 0 Å². The number of hydrogen-bond donors (Lipinski definition) is 1. The summed E-state index contributed by atoms with van der Waals surface area (Å²) in [4.78, 5) is 21.2. The summed E-state index contributed by atoms with van der Waals surface area (Å²) in [5, 5.41) is 2.15. The van der Waals surface area contributed by atoms with Crippen LogP contribution in [0.25, 0.3) is 33.3 Å². The lowest BCUT2D eigenvalue weighted by atomic mass is 10.0. The molecule has 1 aromatic heterocycles. The second-order valence-electron chi connectivity index (χ2n) is 6.93. The van der Waals surface area contributed by atoms with E-state index in [2.05, 4.69) is 4.98 Å². The van der Waals surface area contributed by atoms with Crippen molar-refractivity contribution in [1.82, 2.24) is 9.97 Å². The molecule has 5 rings (SSSR count). The van der Waals surface area contributed by atoms with Crippen molar-refractivity contribution >= 4 is 16.6 Å². The average Bonchev–Trinajstić information content (AvgIpc) is 3.25. The van der Waals surface area contributed by atoms with Crippen LogP contribution in [0.2, 0.25) is 0 Å². The highest BCUT2D eigenvalue weighted by molar-refractivity contribution is 6.09. The van der Waals surface area contributed by atoms with Gasteiger partial charge in [0, 0.05) is 16.7 Å². The molecule has 0 aliphatic heterocycles. The highest BCUT2D eigenvalue weighted by Crippen LogP contribution is 2.30. The van der Waals surface area contributed by atoms with E-state index in [1.807, 2.05) is 103 Å². The van der Waals surface area contributed by atoms with Gasteiger partial charge >= 0.3 is 0 Å². The minimum absolute atomic E-state index is 0.116. The van der Waals surface area contributed by atoms with Crippen molar-refractivity contribution in [2.24, 2.45) is 0 Å². The number of aromatic nitrogens is 2. The van der Waals surface area contributed by atoms with Gasteiger partial charge in [0.1, 0.15) is 0 Å². The molecule has 1 N–H and O–H groups in total. The molecule has 0 saturated heterocycles. The van der Waals surface area contributed by atoms with Crippen LogP contribution in [0.3, 0.4) is 0 Å². The van der Waals surface area contributed by atoms with E-state index in [0.717, 1.165) is 33.3 Å². The molecular weight excluding hydrogens is 356 g/mol. The van der Waals surface area contributed by atoms with Crippen LogP contribution in [0.15, 0.2) is 103 Å². The predicted octanol–water partition coefficient (Wildman–Crippen LogP) is 6.13. The smallest absolute Gasteiger partial charge is 0.228 e. The van der Waals surface area contributed by atoms with Crippen LogP contribution in [0.1, 0.15) is 16.2 Å². The zero-order valence-electron chi connectivity index (χ0n) is 15.7. The molecule has 0 fully saturated rings. The van der Waals surface area contributed by atoms with E-state index in [4.69, 9.17) is 4.98 Å². The zero-order chi connectivity index (χ0) is 19.6. The fraction of sp³-hybridized carbons (Fsp3) is 0. The molecule has 0 unspecified atom stereocenters. The first-order chi connectivity index (χ1) is 14.3. The monoisotopic (exact) mass is 374 g/mol. The lowest BCUT2D eigenvalue weighted by Crippen LogP contribution is -2.03. The second-order valence-corrected chi connectivity index (χ2v) is 6.93. The maximum Gasteiger partial charge on any atom is 0.228 e. The fourth-order valence-corrected chi connectivity index (χ4v) is 3.57. The van der Waals surface area contributed by atoms with Crippen molar-refractivity contribution < 1.29 is 4.79 Å². The van der Waals surface area contributed by atoms with Crippen molar-refractivity contribution in [3.63, 3.8) is 0 Å². The third kappa shape index (κ3) is 3.23. The largest absolute Gasteiger partial charge is 0.335 e. The van der Waals surface area contributed by atoms with Gasteiger partial charge in [0.2, 0.25) is 5.78 Å². The van der Waals surface area contributed by atoms with Gasteiger partial charge in [-0.1, -0.05) is 97.1 Å². The molecule has 0 aliphatic rings. The molecule has 0 amide bonds. The number of hydrogen-bond acceptors (Lipinski definition) is 2. The highest BCUT2D eigenvalue weighted by Gasteiger charge is 2.19. The number of benzene rings is 4. The molecule has 3 nitrogen and oxygen atoms in total. The molecule has 29 heavy (non-hydrogen) atoms. The van der Waals surface area contributed by atoms with Crippen LogP contribution >= 0.6 is 0 Å². The van der Waals surface area contributed by atoms with Crippen LogP contribution in [-0.4, -0.2) is 15.8 Å². The van der Waals surface area contributed by atoms with E-state index in [1.54, 1.807) is 0 Å². The standard InChI is InChI=1S/C26H18N2O/c29-25(22-16-15-18-9-7-8-14-21(18)17-22)26-27-23(19-10-3-1-4-11-19)24(28-26)20-12-5-2-6-13-20/h1-17H,(H,27,28). The molecule has 0 atom stereocenters. The number of H-pyrrole nitrogens is 1. The number of nitrogens with zero attached hydrogens (tertiary/aromatic N) is 1. The Balaban J connectivity index is 1.63. The van der Waals surface area contributed by atoms with Gasteiger partial charge in [-0.15, -0.1) is 0 Å². The Morgan fingerprint density at radius 1 is 0.655 bits per heavy atom. The molecule has 4 aromatic carbocycles. The molecule has 5 aromatic rings. The first-order valence-corrected chi connectivity index (χ1v) is 9.54. The first-order valence-electron chi connectivity index (χ1n) is 9.54. The summed E-state index contributed by atoms with van der Waals surface area (Å²) >= 11 is 0. The van der Waals surface area contributed by atoms with Crippen LogP contribution in [0.5, 0.6) is 0 Å². The molecule has 0 saturated carbocycles. The molecule has 0 aliphatic carbocycles. The minimum atomic E-state index is -0.116. The Bertz CT molecular complexity index is 1250. The Kier molecular flexibility index (Phi) is 4.26. The molecule has 0 spiro atoms. The maximum absolute atomic E-state index is 13.2. The van der Waals surface area contributed by atoms with E-state index in [9.17, 15) is 4.79 Å². The van der Waals surface area contributed by atoms with Crippen LogP contribution in [0, 0.1) is 0 Å². The summed E-state index contributed by atoms with van der Waals surface area (Å²) < 4.78 is 0. The summed E-state index contributed by atoms with van der Waals surface area (Å²) in [7, 11) is 0. The third-order valence-electron chi connectivity index (χ3n) is 5.04. The van der Waals surface area contributed by atoms with Gasteiger partial charge < -0.3 is 4.98 Å². The number of aromatic amines is 1. The lowest BCUT2D eigenvalue weighted by molar-refractivity contribution is 0.103. The van der Waals surface area contributed by atoms with Gasteiger partial charge in [-0.3, -0.25) is 4.79 Å². The fourth-order valence-electron chi connectivity index (χ4n) is 3.57. The summed E-state index contributed by atoms with van der Waals surface area (Å²) in [5.74, 6) is 0.230.